The van der Waals surface area contributed by atoms with E-state index in [2.05, 4.69) is 23.0 Å². The molecule has 0 unspecified atom stereocenters. The van der Waals surface area contributed by atoms with Gasteiger partial charge in [-0.1, -0.05) is 0 Å². The Morgan fingerprint density at radius 3 is 3.14 bits per heavy atom. The summed E-state index contributed by atoms with van der Waals surface area (Å²) in [6.45, 7) is 2.77. The highest BCUT2D eigenvalue weighted by Gasteiger charge is 2.06. The molecule has 2 rings (SSSR count). The first kappa shape index (κ1) is 9.89. The Bertz CT molecular complexity index is 439. The minimum atomic E-state index is 0.680. The average molecular weight is 225 g/mol. The van der Waals surface area contributed by atoms with Crippen molar-refractivity contribution in [2.24, 2.45) is 5.73 Å². The normalized spacial score (nSPS) is 11.0. The topological polar surface area (TPSA) is 51.8 Å². The zero-order valence-corrected chi connectivity index (χ0v) is 9.49. The highest BCUT2D eigenvalue weighted by molar-refractivity contribution is 7.99. The molecule has 0 bridgehead atoms. The minimum absolute atomic E-state index is 0.680. The van der Waals surface area contributed by atoms with Gasteiger partial charge in [0.2, 0.25) is 0 Å². The standard InChI is InChI=1S/C9H11N3S2/c1-6-4-7-8(13-3-2-10)11-5-12-9(7)14-6/h4-5H,2-3,10H2,1H3. The Hall–Kier alpha value is -0.650. The minimum Gasteiger partial charge on any atom is -0.330 e. The predicted molar refractivity (Wildman–Crippen MR) is 61.9 cm³/mol. The number of rotatable bonds is 3. The molecule has 74 valence electrons. The van der Waals surface area contributed by atoms with Gasteiger partial charge in [-0.05, 0) is 13.0 Å². The summed E-state index contributed by atoms with van der Waals surface area (Å²) in [6.07, 6.45) is 1.62. The molecule has 0 aliphatic rings. The van der Waals surface area contributed by atoms with Crippen LogP contribution < -0.4 is 5.73 Å². The smallest absolute Gasteiger partial charge is 0.128 e. The van der Waals surface area contributed by atoms with Gasteiger partial charge >= 0.3 is 0 Å². The van der Waals surface area contributed by atoms with E-state index in [-0.39, 0.29) is 0 Å². The molecule has 0 aliphatic carbocycles. The number of fused-ring (bicyclic) bond motifs is 1. The van der Waals surface area contributed by atoms with E-state index in [9.17, 15) is 0 Å². The van der Waals surface area contributed by atoms with Crippen molar-refractivity contribution in [1.29, 1.82) is 0 Å². The highest BCUT2D eigenvalue weighted by atomic mass is 32.2. The van der Waals surface area contributed by atoms with Gasteiger partial charge in [-0.15, -0.1) is 23.1 Å². The van der Waals surface area contributed by atoms with Crippen molar-refractivity contribution in [3.8, 4) is 0 Å². The van der Waals surface area contributed by atoms with Gasteiger partial charge in [0.25, 0.3) is 0 Å². The number of thioether (sulfide) groups is 1. The molecule has 0 atom stereocenters. The second kappa shape index (κ2) is 4.25. The second-order valence-electron chi connectivity index (χ2n) is 2.89. The quantitative estimate of drug-likeness (QED) is 0.641. The van der Waals surface area contributed by atoms with Crippen LogP contribution in [-0.2, 0) is 0 Å². The lowest BCUT2D eigenvalue weighted by atomic mass is 10.4. The molecular weight excluding hydrogens is 214 g/mol. The van der Waals surface area contributed by atoms with Gasteiger partial charge in [0.05, 0.1) is 0 Å². The lowest BCUT2D eigenvalue weighted by Gasteiger charge is -1.98. The van der Waals surface area contributed by atoms with Gasteiger partial charge in [-0.25, -0.2) is 9.97 Å². The van der Waals surface area contributed by atoms with Gasteiger partial charge in [0.1, 0.15) is 16.2 Å². The van der Waals surface area contributed by atoms with Crippen molar-refractivity contribution in [3.05, 3.63) is 17.3 Å². The van der Waals surface area contributed by atoms with Gasteiger partial charge in [0.15, 0.2) is 0 Å². The molecule has 0 amide bonds. The summed E-state index contributed by atoms with van der Waals surface area (Å²) >= 11 is 3.40. The molecule has 0 spiro atoms. The fraction of sp³-hybridized carbons (Fsp3) is 0.333. The third kappa shape index (κ3) is 1.89. The van der Waals surface area contributed by atoms with Gasteiger partial charge in [-0.3, -0.25) is 0 Å². The molecule has 2 heterocycles. The van der Waals surface area contributed by atoms with Gasteiger partial charge in [0, 0.05) is 22.6 Å². The zero-order valence-electron chi connectivity index (χ0n) is 7.86. The molecular formula is C9H11N3S2. The monoisotopic (exact) mass is 225 g/mol. The zero-order chi connectivity index (χ0) is 9.97. The summed E-state index contributed by atoms with van der Waals surface area (Å²) in [7, 11) is 0. The maximum Gasteiger partial charge on any atom is 0.128 e. The Labute approximate surface area is 90.8 Å². The Morgan fingerprint density at radius 2 is 2.36 bits per heavy atom. The summed E-state index contributed by atoms with van der Waals surface area (Å²) in [5.74, 6) is 0.904. The van der Waals surface area contributed by atoms with Crippen LogP contribution in [0.25, 0.3) is 10.2 Å². The third-order valence-corrected chi connectivity index (χ3v) is 3.77. The molecule has 0 aromatic carbocycles. The Balaban J connectivity index is 2.42. The van der Waals surface area contributed by atoms with Crippen LogP contribution in [0.2, 0.25) is 0 Å². The predicted octanol–water partition coefficient (Wildman–Crippen LogP) is 2.05. The summed E-state index contributed by atoms with van der Waals surface area (Å²) in [4.78, 5) is 10.8. The summed E-state index contributed by atoms with van der Waals surface area (Å²) < 4.78 is 0. The van der Waals surface area contributed by atoms with E-state index in [1.54, 1.807) is 29.4 Å². The molecule has 0 fully saturated rings. The Kier molecular flexibility index (Phi) is 3.00. The van der Waals surface area contributed by atoms with Crippen molar-refractivity contribution in [2.45, 2.75) is 11.9 Å². The van der Waals surface area contributed by atoms with Crippen LogP contribution in [0.1, 0.15) is 4.88 Å². The maximum absolute atomic E-state index is 5.46. The van der Waals surface area contributed by atoms with Gasteiger partial charge in [-0.2, -0.15) is 0 Å². The van der Waals surface area contributed by atoms with Crippen molar-refractivity contribution in [3.63, 3.8) is 0 Å². The first-order chi connectivity index (χ1) is 6.81. The van der Waals surface area contributed by atoms with E-state index in [0.717, 1.165) is 21.0 Å². The summed E-state index contributed by atoms with van der Waals surface area (Å²) in [5, 5.41) is 2.21. The van der Waals surface area contributed by atoms with E-state index in [0.29, 0.717) is 6.54 Å². The molecule has 2 aromatic heterocycles. The molecule has 14 heavy (non-hydrogen) atoms. The van der Waals surface area contributed by atoms with E-state index in [1.807, 2.05) is 0 Å². The van der Waals surface area contributed by atoms with Crippen LogP contribution in [0.4, 0.5) is 0 Å². The largest absolute Gasteiger partial charge is 0.330 e. The molecule has 0 saturated heterocycles. The lowest BCUT2D eigenvalue weighted by Crippen LogP contribution is -2.01. The van der Waals surface area contributed by atoms with E-state index in [4.69, 9.17) is 5.73 Å². The van der Waals surface area contributed by atoms with Crippen LogP contribution in [0.5, 0.6) is 0 Å². The number of thiophene rings is 1. The highest BCUT2D eigenvalue weighted by Crippen LogP contribution is 2.29. The number of hydrogen-bond acceptors (Lipinski definition) is 5. The number of aromatic nitrogens is 2. The SMILES string of the molecule is Cc1cc2c(SCCN)ncnc2s1. The van der Waals surface area contributed by atoms with Crippen molar-refractivity contribution in [2.75, 3.05) is 12.3 Å². The average Bonchev–Trinajstić information content (AvgIpc) is 2.55. The molecule has 0 aliphatic heterocycles. The molecule has 3 nitrogen and oxygen atoms in total. The van der Waals surface area contributed by atoms with Crippen molar-refractivity contribution in [1.82, 2.24) is 9.97 Å². The fourth-order valence-corrected chi connectivity index (χ4v) is 2.88. The second-order valence-corrected chi connectivity index (χ2v) is 5.21. The first-order valence-corrected chi connectivity index (χ1v) is 6.15. The number of nitrogens with zero attached hydrogens (tertiary/aromatic N) is 2. The summed E-state index contributed by atoms with van der Waals surface area (Å²) in [5.41, 5.74) is 5.46. The number of hydrogen-bond donors (Lipinski definition) is 1. The van der Waals surface area contributed by atoms with Crippen LogP contribution in [0, 0.1) is 6.92 Å². The van der Waals surface area contributed by atoms with Crippen molar-refractivity contribution < 1.29 is 0 Å². The van der Waals surface area contributed by atoms with E-state index in [1.165, 1.54) is 4.88 Å². The molecule has 5 heteroatoms. The molecule has 0 saturated carbocycles. The van der Waals surface area contributed by atoms with E-state index >= 15 is 0 Å². The maximum atomic E-state index is 5.46. The van der Waals surface area contributed by atoms with Crippen LogP contribution in [0.15, 0.2) is 17.4 Å². The van der Waals surface area contributed by atoms with Crippen LogP contribution in [-0.4, -0.2) is 22.3 Å². The van der Waals surface area contributed by atoms with E-state index < -0.39 is 0 Å². The molecule has 2 N–H and O–H groups in total. The molecule has 2 aromatic rings. The fourth-order valence-electron chi connectivity index (χ4n) is 1.22. The molecule has 0 radical (unpaired) electrons. The Morgan fingerprint density at radius 1 is 1.50 bits per heavy atom. The van der Waals surface area contributed by atoms with Crippen LogP contribution >= 0.6 is 23.1 Å². The lowest BCUT2D eigenvalue weighted by molar-refractivity contribution is 1.09. The first-order valence-electron chi connectivity index (χ1n) is 4.35. The van der Waals surface area contributed by atoms with Crippen molar-refractivity contribution >= 4 is 33.3 Å². The number of aryl methyl sites for hydroxylation is 1. The van der Waals surface area contributed by atoms with Gasteiger partial charge < -0.3 is 5.73 Å². The van der Waals surface area contributed by atoms with Crippen LogP contribution in [0.3, 0.4) is 0 Å². The number of nitrogens with two attached hydrogens (primary N) is 1. The summed E-state index contributed by atoms with van der Waals surface area (Å²) in [6, 6.07) is 2.14. The third-order valence-electron chi connectivity index (χ3n) is 1.77.